The van der Waals surface area contributed by atoms with Crippen molar-refractivity contribution in [2.45, 2.75) is 0 Å². The monoisotopic (exact) mass is 231 g/mol. The Morgan fingerprint density at radius 2 is 2.07 bits per heavy atom. The summed E-state index contributed by atoms with van der Waals surface area (Å²) in [6.45, 7) is 0. The molecule has 0 aromatic heterocycles. The van der Waals surface area contributed by atoms with Crippen LogP contribution in [0.25, 0.3) is 0 Å². The molecule has 0 aliphatic carbocycles. The van der Waals surface area contributed by atoms with Crippen LogP contribution in [0.1, 0.15) is 0 Å². The molecule has 82 valence electrons. The first kappa shape index (κ1) is 11.2. The summed E-state index contributed by atoms with van der Waals surface area (Å²) in [5.74, 6) is 0. The predicted molar refractivity (Wildman–Crippen MR) is 56.0 cm³/mol. The third-order valence-corrected chi connectivity index (χ3v) is 2.13. The van der Waals surface area contributed by atoms with Crippen LogP contribution >= 0.6 is 0 Å². The van der Waals surface area contributed by atoms with E-state index in [0.29, 0.717) is 0 Å². The highest BCUT2D eigenvalue weighted by atomic mass is 32.2. The van der Waals surface area contributed by atoms with Crippen molar-refractivity contribution in [3.05, 3.63) is 28.3 Å². The first-order valence-corrected chi connectivity index (χ1v) is 5.70. The van der Waals surface area contributed by atoms with E-state index in [0.717, 1.165) is 12.3 Å². The van der Waals surface area contributed by atoms with E-state index in [9.17, 15) is 18.5 Å². The Bertz CT molecular complexity index is 497. The Labute approximate surface area is 86.1 Å². The second-order valence-corrected chi connectivity index (χ2v) is 4.65. The van der Waals surface area contributed by atoms with Crippen LogP contribution in [-0.4, -0.2) is 19.6 Å². The van der Waals surface area contributed by atoms with Gasteiger partial charge in [-0.25, -0.2) is 8.42 Å². The molecule has 0 atom stereocenters. The number of nitrogen functional groups attached to an aromatic ring is 1. The molecular formula is C7H9N3O4S. The number of non-ortho nitro benzene ring substituents is 1. The molecule has 0 aliphatic heterocycles. The average Bonchev–Trinajstić information content (AvgIpc) is 2.06. The zero-order valence-electron chi connectivity index (χ0n) is 7.80. The minimum absolute atomic E-state index is 0.00620. The van der Waals surface area contributed by atoms with Crippen molar-refractivity contribution in [2.24, 2.45) is 0 Å². The molecule has 1 rings (SSSR count). The number of hydrogen-bond acceptors (Lipinski definition) is 5. The van der Waals surface area contributed by atoms with Gasteiger partial charge in [0.05, 0.1) is 22.6 Å². The molecule has 1 aromatic carbocycles. The summed E-state index contributed by atoms with van der Waals surface area (Å²) in [4.78, 5) is 9.79. The van der Waals surface area contributed by atoms with Crippen molar-refractivity contribution in [1.29, 1.82) is 0 Å². The predicted octanol–water partition coefficient (Wildman–Crippen LogP) is 0.548. The van der Waals surface area contributed by atoms with Crippen LogP contribution in [0.4, 0.5) is 17.1 Å². The number of rotatable bonds is 3. The molecule has 0 unspecified atom stereocenters. The Balaban J connectivity index is 3.17. The van der Waals surface area contributed by atoms with Gasteiger partial charge in [-0.2, -0.15) is 0 Å². The number of nitro benzene ring substituents is 1. The molecular weight excluding hydrogens is 222 g/mol. The summed E-state index contributed by atoms with van der Waals surface area (Å²) in [6.07, 6.45) is 0.936. The van der Waals surface area contributed by atoms with E-state index in [1.807, 2.05) is 0 Å². The van der Waals surface area contributed by atoms with E-state index >= 15 is 0 Å². The van der Waals surface area contributed by atoms with Crippen molar-refractivity contribution in [2.75, 3.05) is 16.7 Å². The second kappa shape index (κ2) is 3.73. The first-order valence-electron chi connectivity index (χ1n) is 3.81. The lowest BCUT2D eigenvalue weighted by molar-refractivity contribution is -0.384. The van der Waals surface area contributed by atoms with Gasteiger partial charge in [-0.1, -0.05) is 0 Å². The number of nitrogens with zero attached hydrogens (tertiary/aromatic N) is 1. The molecule has 8 heteroatoms. The number of nitrogens with two attached hydrogens (primary N) is 1. The van der Waals surface area contributed by atoms with Crippen LogP contribution in [0.15, 0.2) is 18.2 Å². The summed E-state index contributed by atoms with van der Waals surface area (Å²) >= 11 is 0. The first-order chi connectivity index (χ1) is 6.79. The summed E-state index contributed by atoms with van der Waals surface area (Å²) in [7, 11) is -3.49. The van der Waals surface area contributed by atoms with Crippen molar-refractivity contribution in [3.63, 3.8) is 0 Å². The summed E-state index contributed by atoms with van der Waals surface area (Å²) in [5.41, 5.74) is 5.36. The van der Waals surface area contributed by atoms with Crippen LogP contribution in [0, 0.1) is 10.1 Å². The summed E-state index contributed by atoms with van der Waals surface area (Å²) in [5, 5.41) is 10.4. The van der Waals surface area contributed by atoms with Gasteiger partial charge in [-0.05, 0) is 6.07 Å². The highest BCUT2D eigenvalue weighted by molar-refractivity contribution is 7.92. The maximum Gasteiger partial charge on any atom is 0.271 e. The molecule has 0 spiro atoms. The molecule has 0 bridgehead atoms. The lowest BCUT2D eigenvalue weighted by atomic mass is 10.2. The standard InChI is InChI=1S/C7H9N3O4S/c1-15(13,14)9-7-4-5(10(11)12)2-3-6(7)8/h2-4,9H,8H2,1H3. The van der Waals surface area contributed by atoms with Crippen LogP contribution in [0.3, 0.4) is 0 Å². The number of benzene rings is 1. The van der Waals surface area contributed by atoms with Gasteiger partial charge in [0.2, 0.25) is 10.0 Å². The maximum atomic E-state index is 10.9. The molecule has 0 saturated heterocycles. The molecule has 0 heterocycles. The molecule has 0 saturated carbocycles. The van der Waals surface area contributed by atoms with Gasteiger partial charge in [0.1, 0.15) is 0 Å². The van der Waals surface area contributed by atoms with Crippen molar-refractivity contribution in [3.8, 4) is 0 Å². The fraction of sp³-hybridized carbons (Fsp3) is 0.143. The van der Waals surface area contributed by atoms with Gasteiger partial charge in [0.25, 0.3) is 5.69 Å². The third kappa shape index (κ3) is 3.09. The number of anilines is 2. The van der Waals surface area contributed by atoms with E-state index in [4.69, 9.17) is 5.73 Å². The lowest BCUT2D eigenvalue weighted by Gasteiger charge is -2.06. The van der Waals surface area contributed by atoms with Crippen molar-refractivity contribution in [1.82, 2.24) is 0 Å². The minimum Gasteiger partial charge on any atom is -0.397 e. The Morgan fingerprint density at radius 1 is 1.47 bits per heavy atom. The van der Waals surface area contributed by atoms with Crippen molar-refractivity contribution < 1.29 is 13.3 Å². The highest BCUT2D eigenvalue weighted by Gasteiger charge is 2.11. The fourth-order valence-corrected chi connectivity index (χ4v) is 1.52. The van der Waals surface area contributed by atoms with Gasteiger partial charge >= 0.3 is 0 Å². The van der Waals surface area contributed by atoms with Crippen LogP contribution in [0.5, 0.6) is 0 Å². The number of nitrogens with one attached hydrogen (secondary N) is 1. The number of hydrogen-bond donors (Lipinski definition) is 2. The Hall–Kier alpha value is -1.83. The molecule has 0 radical (unpaired) electrons. The molecule has 0 fully saturated rings. The van der Waals surface area contributed by atoms with E-state index < -0.39 is 14.9 Å². The maximum absolute atomic E-state index is 10.9. The van der Waals surface area contributed by atoms with Gasteiger partial charge < -0.3 is 5.73 Å². The Kier molecular flexibility index (Phi) is 2.80. The largest absolute Gasteiger partial charge is 0.397 e. The number of sulfonamides is 1. The second-order valence-electron chi connectivity index (χ2n) is 2.90. The molecule has 7 nitrogen and oxygen atoms in total. The fourth-order valence-electron chi connectivity index (χ4n) is 0.946. The average molecular weight is 231 g/mol. The molecule has 15 heavy (non-hydrogen) atoms. The van der Waals surface area contributed by atoms with Gasteiger partial charge in [-0.15, -0.1) is 0 Å². The summed E-state index contributed by atoms with van der Waals surface area (Å²) < 4.78 is 23.9. The van der Waals surface area contributed by atoms with Crippen LogP contribution in [0.2, 0.25) is 0 Å². The topological polar surface area (TPSA) is 115 Å². The molecule has 3 N–H and O–H groups in total. The summed E-state index contributed by atoms with van der Waals surface area (Å²) in [6, 6.07) is 3.53. The molecule has 0 amide bonds. The lowest BCUT2D eigenvalue weighted by Crippen LogP contribution is -2.11. The highest BCUT2D eigenvalue weighted by Crippen LogP contribution is 2.24. The zero-order valence-corrected chi connectivity index (χ0v) is 8.61. The van der Waals surface area contributed by atoms with E-state index in [1.165, 1.54) is 12.1 Å². The molecule has 1 aromatic rings. The van der Waals surface area contributed by atoms with Gasteiger partial charge in [0, 0.05) is 12.1 Å². The van der Waals surface area contributed by atoms with Crippen LogP contribution in [-0.2, 0) is 10.0 Å². The van der Waals surface area contributed by atoms with E-state index in [2.05, 4.69) is 4.72 Å². The smallest absolute Gasteiger partial charge is 0.271 e. The van der Waals surface area contributed by atoms with E-state index in [1.54, 1.807) is 0 Å². The molecule has 0 aliphatic rings. The van der Waals surface area contributed by atoms with E-state index in [-0.39, 0.29) is 17.1 Å². The quantitative estimate of drug-likeness (QED) is 0.447. The van der Waals surface area contributed by atoms with Gasteiger partial charge in [0.15, 0.2) is 0 Å². The van der Waals surface area contributed by atoms with Crippen molar-refractivity contribution >= 4 is 27.1 Å². The van der Waals surface area contributed by atoms with Crippen LogP contribution < -0.4 is 10.5 Å². The Morgan fingerprint density at radius 3 is 2.53 bits per heavy atom. The van der Waals surface area contributed by atoms with Gasteiger partial charge in [-0.3, -0.25) is 14.8 Å². The third-order valence-electron chi connectivity index (χ3n) is 1.54. The number of nitro groups is 1. The SMILES string of the molecule is CS(=O)(=O)Nc1cc([N+](=O)[O-])ccc1N. The zero-order chi connectivity index (χ0) is 11.6. The normalized spacial score (nSPS) is 11.0. The minimum atomic E-state index is -3.49.